The average Bonchev–Trinajstić information content (AvgIpc) is 2.68. The summed E-state index contributed by atoms with van der Waals surface area (Å²) in [5.41, 5.74) is 3.60. The highest BCUT2D eigenvalue weighted by molar-refractivity contribution is 7.92. The minimum absolute atomic E-state index is 0.102. The minimum atomic E-state index is -3.73. The maximum absolute atomic E-state index is 12.7. The second kappa shape index (κ2) is 8.27. The molecular weight excluding hydrogens is 372 g/mol. The molecule has 0 fully saturated rings. The summed E-state index contributed by atoms with van der Waals surface area (Å²) in [4.78, 5) is 12.5. The van der Waals surface area contributed by atoms with E-state index < -0.39 is 10.0 Å². The molecule has 0 aliphatic carbocycles. The summed E-state index contributed by atoms with van der Waals surface area (Å²) in [5, 5.41) is 2.81. The van der Waals surface area contributed by atoms with Crippen molar-refractivity contribution in [3.63, 3.8) is 0 Å². The Balaban J connectivity index is 1.76. The molecule has 0 bridgehead atoms. The van der Waals surface area contributed by atoms with Gasteiger partial charge in [0.1, 0.15) is 0 Å². The van der Waals surface area contributed by atoms with Gasteiger partial charge in [-0.3, -0.25) is 9.52 Å². The Bertz CT molecular complexity index is 1090. The minimum Gasteiger partial charge on any atom is -0.322 e. The number of sulfonamides is 1. The quantitative estimate of drug-likeness (QED) is 0.641. The van der Waals surface area contributed by atoms with E-state index in [2.05, 4.69) is 10.0 Å². The van der Waals surface area contributed by atoms with Crippen molar-refractivity contribution in [2.45, 2.75) is 25.2 Å². The number of hydrogen-bond donors (Lipinski definition) is 2. The van der Waals surface area contributed by atoms with Gasteiger partial charge in [0.15, 0.2) is 0 Å². The van der Waals surface area contributed by atoms with Crippen molar-refractivity contribution >= 4 is 27.3 Å². The predicted octanol–water partition coefficient (Wildman–Crippen LogP) is 4.61. The number of aryl methyl sites for hydroxylation is 2. The first-order valence-electron chi connectivity index (χ1n) is 8.98. The molecule has 0 spiro atoms. The number of benzene rings is 3. The van der Waals surface area contributed by atoms with Crippen LogP contribution in [0.3, 0.4) is 0 Å². The Kier molecular flexibility index (Phi) is 5.80. The average molecular weight is 394 g/mol. The molecular formula is C22H22N2O3S. The molecule has 1 amide bonds. The van der Waals surface area contributed by atoms with E-state index in [9.17, 15) is 13.2 Å². The lowest BCUT2D eigenvalue weighted by Gasteiger charge is -2.12. The molecule has 0 heterocycles. The lowest BCUT2D eigenvalue weighted by Crippen LogP contribution is -2.15. The zero-order valence-electron chi connectivity index (χ0n) is 15.8. The molecule has 3 rings (SSSR count). The SMILES string of the molecule is CCc1ccccc1NS(=O)(=O)c1ccc(C(=O)Nc2cccc(C)c2)cc1. The molecule has 3 aromatic rings. The molecule has 0 unspecified atom stereocenters. The van der Waals surface area contributed by atoms with Crippen molar-refractivity contribution in [1.29, 1.82) is 0 Å². The highest BCUT2D eigenvalue weighted by Gasteiger charge is 2.16. The summed E-state index contributed by atoms with van der Waals surface area (Å²) < 4.78 is 28.0. The van der Waals surface area contributed by atoms with Gasteiger partial charge in [0, 0.05) is 11.3 Å². The summed E-state index contributed by atoms with van der Waals surface area (Å²) in [6.07, 6.45) is 0.719. The van der Waals surface area contributed by atoms with Gasteiger partial charge in [-0.25, -0.2) is 8.42 Å². The van der Waals surface area contributed by atoms with E-state index in [1.54, 1.807) is 18.2 Å². The first kappa shape index (κ1) is 19.6. The standard InChI is InChI=1S/C22H22N2O3S/c1-3-17-8-4-5-10-21(17)24-28(26,27)20-13-11-18(12-14-20)22(25)23-19-9-6-7-16(2)15-19/h4-15,24H,3H2,1-2H3,(H,23,25). The van der Waals surface area contributed by atoms with E-state index in [0.29, 0.717) is 16.9 Å². The number of nitrogens with one attached hydrogen (secondary N) is 2. The Morgan fingerprint density at radius 3 is 2.32 bits per heavy atom. The molecule has 0 radical (unpaired) electrons. The van der Waals surface area contributed by atoms with Crippen molar-refractivity contribution in [2.75, 3.05) is 10.0 Å². The van der Waals surface area contributed by atoms with Crippen LogP contribution in [0, 0.1) is 6.92 Å². The maximum Gasteiger partial charge on any atom is 0.261 e. The highest BCUT2D eigenvalue weighted by atomic mass is 32.2. The van der Waals surface area contributed by atoms with Gasteiger partial charge >= 0.3 is 0 Å². The zero-order valence-corrected chi connectivity index (χ0v) is 16.6. The fourth-order valence-corrected chi connectivity index (χ4v) is 3.94. The molecule has 5 nitrogen and oxygen atoms in total. The van der Waals surface area contributed by atoms with Crippen LogP contribution in [-0.4, -0.2) is 14.3 Å². The van der Waals surface area contributed by atoms with Crippen LogP contribution in [-0.2, 0) is 16.4 Å². The van der Waals surface area contributed by atoms with Gasteiger partial charge < -0.3 is 5.32 Å². The number of anilines is 2. The van der Waals surface area contributed by atoms with E-state index in [-0.39, 0.29) is 10.8 Å². The van der Waals surface area contributed by atoms with Gasteiger partial charge in [-0.15, -0.1) is 0 Å². The van der Waals surface area contributed by atoms with E-state index in [4.69, 9.17) is 0 Å². The van der Waals surface area contributed by atoms with Gasteiger partial charge in [0.25, 0.3) is 15.9 Å². The molecule has 0 saturated carbocycles. The van der Waals surface area contributed by atoms with Crippen LogP contribution in [0.2, 0.25) is 0 Å². The first-order valence-corrected chi connectivity index (χ1v) is 10.5. The van der Waals surface area contributed by atoms with E-state index in [1.165, 1.54) is 24.3 Å². The topological polar surface area (TPSA) is 75.3 Å². The molecule has 0 saturated heterocycles. The zero-order chi connectivity index (χ0) is 20.1. The van der Waals surface area contributed by atoms with Crippen LogP contribution in [0.4, 0.5) is 11.4 Å². The largest absolute Gasteiger partial charge is 0.322 e. The third-order valence-electron chi connectivity index (χ3n) is 4.35. The van der Waals surface area contributed by atoms with Gasteiger partial charge in [-0.2, -0.15) is 0 Å². The molecule has 2 N–H and O–H groups in total. The molecule has 0 aliphatic heterocycles. The number of rotatable bonds is 6. The first-order chi connectivity index (χ1) is 13.4. The summed E-state index contributed by atoms with van der Waals surface area (Å²) >= 11 is 0. The number of carbonyl (C=O) groups excluding carboxylic acids is 1. The van der Waals surface area contributed by atoms with E-state index >= 15 is 0 Å². The lowest BCUT2D eigenvalue weighted by atomic mass is 10.1. The second-order valence-corrected chi connectivity index (χ2v) is 8.15. The van der Waals surface area contributed by atoms with Gasteiger partial charge in [0.2, 0.25) is 0 Å². The Morgan fingerprint density at radius 1 is 0.929 bits per heavy atom. The van der Waals surface area contributed by atoms with Crippen molar-refractivity contribution in [2.24, 2.45) is 0 Å². The molecule has 6 heteroatoms. The van der Waals surface area contributed by atoms with Crippen molar-refractivity contribution < 1.29 is 13.2 Å². The van der Waals surface area contributed by atoms with Crippen LogP contribution in [0.25, 0.3) is 0 Å². The smallest absolute Gasteiger partial charge is 0.261 e. The van der Waals surface area contributed by atoms with Crippen LogP contribution in [0.5, 0.6) is 0 Å². The molecule has 0 atom stereocenters. The lowest BCUT2D eigenvalue weighted by molar-refractivity contribution is 0.102. The normalized spacial score (nSPS) is 11.1. The summed E-state index contributed by atoms with van der Waals surface area (Å²) in [7, 11) is -3.73. The van der Waals surface area contributed by atoms with Crippen LogP contribution in [0.15, 0.2) is 77.7 Å². The van der Waals surface area contributed by atoms with Gasteiger partial charge in [0.05, 0.1) is 10.6 Å². The van der Waals surface area contributed by atoms with Gasteiger partial charge in [-0.1, -0.05) is 37.3 Å². The molecule has 144 valence electrons. The maximum atomic E-state index is 12.7. The monoisotopic (exact) mass is 394 g/mol. The van der Waals surface area contributed by atoms with Crippen LogP contribution >= 0.6 is 0 Å². The predicted molar refractivity (Wildman–Crippen MR) is 112 cm³/mol. The van der Waals surface area contributed by atoms with Crippen molar-refractivity contribution in [1.82, 2.24) is 0 Å². The number of hydrogen-bond acceptors (Lipinski definition) is 3. The highest BCUT2D eigenvalue weighted by Crippen LogP contribution is 2.21. The number of carbonyl (C=O) groups is 1. The Labute approximate surface area is 165 Å². The van der Waals surface area contributed by atoms with Crippen LogP contribution < -0.4 is 10.0 Å². The fourth-order valence-electron chi connectivity index (χ4n) is 2.84. The Morgan fingerprint density at radius 2 is 1.64 bits per heavy atom. The third-order valence-corrected chi connectivity index (χ3v) is 5.73. The van der Waals surface area contributed by atoms with Crippen molar-refractivity contribution in [3.05, 3.63) is 89.5 Å². The van der Waals surface area contributed by atoms with Crippen molar-refractivity contribution in [3.8, 4) is 0 Å². The molecule has 0 aliphatic rings. The fraction of sp³-hybridized carbons (Fsp3) is 0.136. The third kappa shape index (κ3) is 4.58. The molecule has 0 aromatic heterocycles. The van der Waals surface area contributed by atoms with E-state index in [0.717, 1.165) is 17.5 Å². The molecule has 3 aromatic carbocycles. The molecule has 28 heavy (non-hydrogen) atoms. The summed E-state index contributed by atoms with van der Waals surface area (Å²) in [5.74, 6) is -0.293. The summed E-state index contributed by atoms with van der Waals surface area (Å²) in [6.45, 7) is 3.91. The van der Waals surface area contributed by atoms with E-state index in [1.807, 2.05) is 44.2 Å². The summed E-state index contributed by atoms with van der Waals surface area (Å²) in [6, 6.07) is 20.6. The van der Waals surface area contributed by atoms with Gasteiger partial charge in [-0.05, 0) is 66.9 Å². The second-order valence-electron chi connectivity index (χ2n) is 6.46. The number of amides is 1. The Hall–Kier alpha value is -3.12. The van der Waals surface area contributed by atoms with Crippen LogP contribution in [0.1, 0.15) is 28.4 Å². The number of para-hydroxylation sites is 1.